The van der Waals surface area contributed by atoms with E-state index in [-0.39, 0.29) is 12.1 Å². The summed E-state index contributed by atoms with van der Waals surface area (Å²) in [5.74, 6) is 0. The van der Waals surface area contributed by atoms with Crippen LogP contribution in [0.1, 0.15) is 31.2 Å². The summed E-state index contributed by atoms with van der Waals surface area (Å²) in [5.41, 5.74) is 4.65. The molecule has 2 heterocycles. The number of rotatable bonds is 5. The molecule has 0 spiro atoms. The Kier molecular flexibility index (Phi) is 5.12. The van der Waals surface area contributed by atoms with Crippen molar-refractivity contribution in [3.63, 3.8) is 0 Å². The van der Waals surface area contributed by atoms with Crippen LogP contribution in [-0.4, -0.2) is 37.7 Å². The Balaban J connectivity index is 1.13. The topological polar surface area (TPSA) is 81.8 Å². The maximum Gasteiger partial charge on any atom is 0.322 e. The van der Waals surface area contributed by atoms with E-state index in [1.807, 2.05) is 34.1 Å². The molecule has 1 unspecified atom stereocenters. The molecule has 2 N–H and O–H groups in total. The van der Waals surface area contributed by atoms with Gasteiger partial charge in [0.1, 0.15) is 11.4 Å². The van der Waals surface area contributed by atoms with Crippen LogP contribution >= 0.6 is 0 Å². The van der Waals surface area contributed by atoms with Gasteiger partial charge < -0.3 is 15.5 Å². The number of fused-ring (bicyclic) bond motifs is 1. The van der Waals surface area contributed by atoms with Crippen molar-refractivity contribution in [1.82, 2.24) is 5.32 Å². The first-order valence-corrected chi connectivity index (χ1v) is 12.2. The van der Waals surface area contributed by atoms with Crippen molar-refractivity contribution in [1.29, 1.82) is 0 Å². The van der Waals surface area contributed by atoms with E-state index in [2.05, 4.69) is 34.9 Å². The molecule has 34 heavy (non-hydrogen) atoms. The van der Waals surface area contributed by atoms with E-state index in [9.17, 15) is 14.4 Å². The van der Waals surface area contributed by atoms with Crippen LogP contribution in [0.25, 0.3) is 11.1 Å². The number of nitrogens with zero attached hydrogens (tertiary/aromatic N) is 2. The second-order valence-electron chi connectivity index (χ2n) is 9.65. The van der Waals surface area contributed by atoms with Crippen molar-refractivity contribution in [2.24, 2.45) is 0 Å². The molecule has 2 fully saturated rings. The first-order valence-electron chi connectivity index (χ1n) is 12.2. The zero-order valence-corrected chi connectivity index (χ0v) is 19.0. The maximum absolute atomic E-state index is 13.2. The molecule has 0 aromatic heterocycles. The lowest BCUT2D eigenvalue weighted by molar-refractivity contribution is 0.241. The molecular formula is C27H28N4O3. The van der Waals surface area contributed by atoms with Gasteiger partial charge in [0.15, 0.2) is 0 Å². The standard InChI is InChI=1S/C27H28N4O3/c32-25-23(28-20-9-10-20)24(26(25)33)30-13-4-7-21(16-30)29-27(34)31-14-12-19-15-18(8-11-22(19)31)17-5-2-1-3-6-17/h1-3,5-6,8,11,15,20-21,28H,4,7,9-10,12-14,16H2,(H,29,34). The highest BCUT2D eigenvalue weighted by molar-refractivity contribution is 5.95. The third-order valence-corrected chi connectivity index (χ3v) is 7.20. The lowest BCUT2D eigenvalue weighted by Gasteiger charge is -2.36. The maximum atomic E-state index is 13.2. The summed E-state index contributed by atoms with van der Waals surface area (Å²) in [6.07, 6.45) is 4.64. The normalized spacial score (nSPS) is 19.8. The zero-order chi connectivity index (χ0) is 23.2. The molecule has 2 aliphatic heterocycles. The lowest BCUT2D eigenvalue weighted by Crippen LogP contribution is -2.54. The number of amides is 2. The van der Waals surface area contributed by atoms with Gasteiger partial charge in [-0.15, -0.1) is 0 Å². The highest BCUT2D eigenvalue weighted by atomic mass is 16.2. The molecule has 7 heteroatoms. The van der Waals surface area contributed by atoms with Gasteiger partial charge in [0.25, 0.3) is 10.9 Å². The molecule has 1 atom stereocenters. The van der Waals surface area contributed by atoms with Crippen LogP contribution in [0, 0.1) is 0 Å². The summed E-state index contributed by atoms with van der Waals surface area (Å²) in [7, 11) is 0. The molecule has 3 aromatic carbocycles. The van der Waals surface area contributed by atoms with Gasteiger partial charge in [0.2, 0.25) is 0 Å². The number of anilines is 3. The minimum absolute atomic E-state index is 0.0629. The number of benzene rings is 2. The summed E-state index contributed by atoms with van der Waals surface area (Å²) in [6.45, 7) is 1.93. The van der Waals surface area contributed by atoms with Gasteiger partial charge in [-0.2, -0.15) is 0 Å². The van der Waals surface area contributed by atoms with Crippen LogP contribution in [-0.2, 0) is 6.42 Å². The Morgan fingerprint density at radius 1 is 0.882 bits per heavy atom. The van der Waals surface area contributed by atoms with Crippen LogP contribution in [0.15, 0.2) is 58.1 Å². The Morgan fingerprint density at radius 3 is 2.50 bits per heavy atom. The van der Waals surface area contributed by atoms with E-state index < -0.39 is 10.9 Å². The van der Waals surface area contributed by atoms with Gasteiger partial charge in [0.05, 0.1) is 0 Å². The van der Waals surface area contributed by atoms with Gasteiger partial charge in [-0.1, -0.05) is 36.4 Å². The number of piperidine rings is 1. The molecule has 2 amide bonds. The number of carbonyl (C=O) groups excluding carboxylic acids is 1. The summed E-state index contributed by atoms with van der Waals surface area (Å²) in [6, 6.07) is 16.7. The predicted octanol–water partition coefficient (Wildman–Crippen LogP) is 3.27. The fourth-order valence-corrected chi connectivity index (χ4v) is 5.22. The lowest BCUT2D eigenvalue weighted by atomic mass is 10.0. The van der Waals surface area contributed by atoms with Crippen LogP contribution in [0.2, 0.25) is 0 Å². The minimum atomic E-state index is -0.406. The Hall–Kier alpha value is -3.61. The van der Waals surface area contributed by atoms with Crippen LogP contribution in [0.4, 0.5) is 21.9 Å². The molecule has 3 aromatic rings. The largest absolute Gasteiger partial charge is 0.377 e. The summed E-state index contributed by atoms with van der Waals surface area (Å²) in [5, 5.41) is 6.40. The number of hydrogen-bond donors (Lipinski definition) is 2. The van der Waals surface area contributed by atoms with E-state index in [0.717, 1.165) is 49.9 Å². The fraction of sp³-hybridized carbons (Fsp3) is 0.370. The number of nitrogens with one attached hydrogen (secondary N) is 2. The van der Waals surface area contributed by atoms with Gasteiger partial charge >= 0.3 is 6.03 Å². The molecule has 1 aliphatic carbocycles. The molecule has 3 aliphatic rings. The van der Waals surface area contributed by atoms with Crippen LogP contribution < -0.4 is 31.3 Å². The van der Waals surface area contributed by atoms with Crippen molar-refractivity contribution in [3.05, 3.63) is 74.5 Å². The number of hydrogen-bond acceptors (Lipinski definition) is 5. The SMILES string of the molecule is O=C(NC1CCCN(c2c(NC3CC3)c(=O)c2=O)C1)N1CCc2cc(-c3ccccc3)ccc21. The van der Waals surface area contributed by atoms with E-state index in [4.69, 9.17) is 0 Å². The van der Waals surface area contributed by atoms with Crippen molar-refractivity contribution >= 4 is 23.1 Å². The third-order valence-electron chi connectivity index (χ3n) is 7.20. The average molecular weight is 457 g/mol. The third kappa shape index (κ3) is 3.75. The van der Waals surface area contributed by atoms with Gasteiger partial charge in [-0.3, -0.25) is 14.5 Å². The summed E-state index contributed by atoms with van der Waals surface area (Å²) >= 11 is 0. The summed E-state index contributed by atoms with van der Waals surface area (Å²) < 4.78 is 0. The monoisotopic (exact) mass is 456 g/mol. The first-order chi connectivity index (χ1) is 16.6. The Bertz CT molecular complexity index is 1310. The Morgan fingerprint density at radius 2 is 1.71 bits per heavy atom. The van der Waals surface area contributed by atoms with E-state index >= 15 is 0 Å². The number of carbonyl (C=O) groups is 1. The molecule has 0 bridgehead atoms. The summed E-state index contributed by atoms with van der Waals surface area (Å²) in [4.78, 5) is 41.3. The van der Waals surface area contributed by atoms with Gasteiger partial charge in [0, 0.05) is 37.4 Å². The minimum Gasteiger partial charge on any atom is -0.377 e. The van der Waals surface area contributed by atoms with Gasteiger partial charge in [-0.05, 0) is 60.9 Å². The number of urea groups is 1. The van der Waals surface area contributed by atoms with Crippen LogP contribution in [0.3, 0.4) is 0 Å². The average Bonchev–Trinajstić information content (AvgIpc) is 3.59. The van der Waals surface area contributed by atoms with E-state index in [0.29, 0.717) is 30.5 Å². The first kappa shape index (κ1) is 21.0. The molecule has 0 radical (unpaired) electrons. The molecule has 7 nitrogen and oxygen atoms in total. The predicted molar refractivity (Wildman–Crippen MR) is 135 cm³/mol. The molecule has 1 saturated heterocycles. The molecule has 1 saturated carbocycles. The van der Waals surface area contributed by atoms with Crippen LogP contribution in [0.5, 0.6) is 0 Å². The van der Waals surface area contributed by atoms with Crippen molar-refractivity contribution in [2.45, 2.75) is 44.2 Å². The van der Waals surface area contributed by atoms with Gasteiger partial charge in [-0.25, -0.2) is 4.79 Å². The molecule has 6 rings (SSSR count). The van der Waals surface area contributed by atoms with Crippen molar-refractivity contribution in [3.8, 4) is 11.1 Å². The van der Waals surface area contributed by atoms with Crippen molar-refractivity contribution in [2.75, 3.05) is 34.8 Å². The van der Waals surface area contributed by atoms with E-state index in [1.54, 1.807) is 0 Å². The molecule has 174 valence electrons. The van der Waals surface area contributed by atoms with Crippen molar-refractivity contribution < 1.29 is 4.79 Å². The zero-order valence-electron chi connectivity index (χ0n) is 19.0. The Labute approximate surface area is 198 Å². The smallest absolute Gasteiger partial charge is 0.322 e. The molecular weight excluding hydrogens is 428 g/mol. The quantitative estimate of drug-likeness (QED) is 0.576. The highest BCUT2D eigenvalue weighted by Crippen LogP contribution is 2.33. The van der Waals surface area contributed by atoms with E-state index in [1.165, 1.54) is 11.1 Å². The second-order valence-corrected chi connectivity index (χ2v) is 9.65. The highest BCUT2D eigenvalue weighted by Gasteiger charge is 2.34. The second kappa shape index (κ2) is 8.31. The fourth-order valence-electron chi connectivity index (χ4n) is 5.22.